The summed E-state index contributed by atoms with van der Waals surface area (Å²) in [5.74, 6) is 1.43. The van der Waals surface area contributed by atoms with E-state index >= 15 is 0 Å². The van der Waals surface area contributed by atoms with Crippen molar-refractivity contribution in [3.05, 3.63) is 59.7 Å². The first kappa shape index (κ1) is 16.3. The minimum absolute atomic E-state index is 0.173. The molecule has 0 fully saturated rings. The van der Waals surface area contributed by atoms with Crippen LogP contribution in [0.25, 0.3) is 0 Å². The molecule has 116 valence electrons. The van der Waals surface area contributed by atoms with Gasteiger partial charge in [0, 0.05) is 6.21 Å². The van der Waals surface area contributed by atoms with Gasteiger partial charge in [0.05, 0.1) is 5.69 Å². The van der Waals surface area contributed by atoms with Crippen molar-refractivity contribution in [3.8, 4) is 5.75 Å². The summed E-state index contributed by atoms with van der Waals surface area (Å²) in [6.07, 6.45) is 1.88. The molecule has 2 aromatic carbocycles. The van der Waals surface area contributed by atoms with Gasteiger partial charge in [0.25, 0.3) is 0 Å². The minimum Gasteiger partial charge on any atom is -0.488 e. The molecule has 0 unspecified atom stereocenters. The van der Waals surface area contributed by atoms with Gasteiger partial charge in [-0.25, -0.2) is 0 Å². The van der Waals surface area contributed by atoms with Gasteiger partial charge in [-0.2, -0.15) is 0 Å². The lowest BCUT2D eigenvalue weighted by Gasteiger charge is -2.21. The molecule has 0 radical (unpaired) electrons. The normalized spacial score (nSPS) is 12.1. The summed E-state index contributed by atoms with van der Waals surface area (Å²) in [6.45, 7) is 10.5. The maximum Gasteiger partial charge on any atom is 0.120 e. The first-order chi connectivity index (χ1) is 10.3. The monoisotopic (exact) mass is 295 g/mol. The molecule has 0 aliphatic heterocycles. The van der Waals surface area contributed by atoms with Crippen molar-refractivity contribution in [2.24, 2.45) is 4.99 Å². The molecule has 0 heterocycles. The van der Waals surface area contributed by atoms with Crippen LogP contribution in [0.15, 0.2) is 53.5 Å². The van der Waals surface area contributed by atoms with Crippen molar-refractivity contribution in [1.82, 2.24) is 0 Å². The van der Waals surface area contributed by atoms with Crippen LogP contribution in [0.3, 0.4) is 0 Å². The first-order valence-corrected chi connectivity index (χ1v) is 7.76. The van der Waals surface area contributed by atoms with Gasteiger partial charge in [-0.1, -0.05) is 26.0 Å². The Hall–Kier alpha value is -2.09. The highest BCUT2D eigenvalue weighted by Gasteiger charge is 2.11. The fourth-order valence-corrected chi connectivity index (χ4v) is 2.07. The van der Waals surface area contributed by atoms with Crippen molar-refractivity contribution in [2.45, 2.75) is 46.1 Å². The molecule has 0 N–H and O–H groups in total. The number of aliphatic imine (C=N–C) groups is 1. The minimum atomic E-state index is -0.173. The fraction of sp³-hybridized carbons (Fsp3) is 0.350. The van der Waals surface area contributed by atoms with Gasteiger partial charge in [-0.3, -0.25) is 4.99 Å². The predicted molar refractivity (Wildman–Crippen MR) is 94.6 cm³/mol. The van der Waals surface area contributed by atoms with E-state index in [0.29, 0.717) is 5.92 Å². The number of hydrogen-bond acceptors (Lipinski definition) is 2. The van der Waals surface area contributed by atoms with E-state index < -0.39 is 0 Å². The van der Waals surface area contributed by atoms with Gasteiger partial charge in [0.15, 0.2) is 0 Å². The molecule has 2 rings (SSSR count). The molecule has 0 bridgehead atoms. The van der Waals surface area contributed by atoms with Crippen LogP contribution < -0.4 is 4.74 Å². The van der Waals surface area contributed by atoms with E-state index in [4.69, 9.17) is 4.74 Å². The molecule has 0 spiro atoms. The van der Waals surface area contributed by atoms with Crippen molar-refractivity contribution in [2.75, 3.05) is 0 Å². The van der Waals surface area contributed by atoms with E-state index in [2.05, 4.69) is 43.1 Å². The molecule has 0 aliphatic carbocycles. The standard InChI is InChI=1S/C20H25NO/c1-15(2)17-8-10-18(11-9-17)21-14-16-6-12-19(13-7-16)22-20(3,4)5/h6-15H,1-5H3. The molecule has 2 nitrogen and oxygen atoms in total. The van der Waals surface area contributed by atoms with Crippen LogP contribution >= 0.6 is 0 Å². The smallest absolute Gasteiger partial charge is 0.120 e. The zero-order valence-electron chi connectivity index (χ0n) is 14.1. The molecular weight excluding hydrogens is 270 g/mol. The fourth-order valence-electron chi connectivity index (χ4n) is 2.07. The first-order valence-electron chi connectivity index (χ1n) is 7.76. The summed E-state index contributed by atoms with van der Waals surface area (Å²) in [6, 6.07) is 16.4. The van der Waals surface area contributed by atoms with Crippen LogP contribution in [0.2, 0.25) is 0 Å². The molecule has 0 amide bonds. The van der Waals surface area contributed by atoms with Crippen LogP contribution in [-0.4, -0.2) is 11.8 Å². The third kappa shape index (κ3) is 5.03. The zero-order chi connectivity index (χ0) is 16.2. The second-order valence-corrected chi connectivity index (χ2v) is 6.79. The average molecular weight is 295 g/mol. The highest BCUT2D eigenvalue weighted by molar-refractivity contribution is 5.82. The summed E-state index contributed by atoms with van der Waals surface area (Å²) in [5.41, 5.74) is 3.20. The van der Waals surface area contributed by atoms with Gasteiger partial charge in [-0.05, 0) is 74.2 Å². The SMILES string of the molecule is CC(C)c1ccc(N=Cc2ccc(OC(C)(C)C)cc2)cc1. The van der Waals surface area contributed by atoms with E-state index in [0.717, 1.165) is 17.0 Å². The van der Waals surface area contributed by atoms with E-state index in [1.807, 2.05) is 51.3 Å². The van der Waals surface area contributed by atoms with Crippen LogP contribution in [0.5, 0.6) is 5.75 Å². The molecule has 2 heteroatoms. The lowest BCUT2D eigenvalue weighted by molar-refractivity contribution is 0.131. The molecule has 0 saturated heterocycles. The van der Waals surface area contributed by atoms with Gasteiger partial charge >= 0.3 is 0 Å². The number of rotatable bonds is 4. The highest BCUT2D eigenvalue weighted by atomic mass is 16.5. The Morgan fingerprint density at radius 3 is 2.00 bits per heavy atom. The molecule has 0 aliphatic rings. The number of ether oxygens (including phenoxy) is 1. The second-order valence-electron chi connectivity index (χ2n) is 6.79. The Kier molecular flexibility index (Phi) is 5.02. The number of nitrogens with zero attached hydrogens (tertiary/aromatic N) is 1. The van der Waals surface area contributed by atoms with Gasteiger partial charge < -0.3 is 4.74 Å². The Labute approximate surface area is 133 Å². The van der Waals surface area contributed by atoms with Crippen LogP contribution in [-0.2, 0) is 0 Å². The lowest BCUT2D eigenvalue weighted by atomic mass is 10.0. The maximum atomic E-state index is 5.81. The third-order valence-electron chi connectivity index (χ3n) is 3.23. The largest absolute Gasteiger partial charge is 0.488 e. The van der Waals surface area contributed by atoms with Crippen LogP contribution in [0, 0.1) is 0 Å². The highest BCUT2D eigenvalue weighted by Crippen LogP contribution is 2.20. The predicted octanol–water partition coefficient (Wildman–Crippen LogP) is 5.74. The number of hydrogen-bond donors (Lipinski definition) is 0. The van der Waals surface area contributed by atoms with Crippen LogP contribution in [0.4, 0.5) is 5.69 Å². The molecule has 0 atom stereocenters. The van der Waals surface area contributed by atoms with Crippen LogP contribution in [0.1, 0.15) is 51.7 Å². The third-order valence-corrected chi connectivity index (χ3v) is 3.23. The van der Waals surface area contributed by atoms with Crippen molar-refractivity contribution in [1.29, 1.82) is 0 Å². The molecule has 0 aromatic heterocycles. The molecular formula is C20H25NO. The van der Waals surface area contributed by atoms with Crippen molar-refractivity contribution < 1.29 is 4.74 Å². The molecule has 0 saturated carbocycles. The maximum absolute atomic E-state index is 5.81. The van der Waals surface area contributed by atoms with E-state index in [9.17, 15) is 0 Å². The van der Waals surface area contributed by atoms with Gasteiger partial charge in [0.2, 0.25) is 0 Å². The summed E-state index contributed by atoms with van der Waals surface area (Å²) in [5, 5.41) is 0. The zero-order valence-corrected chi connectivity index (χ0v) is 14.1. The van der Waals surface area contributed by atoms with E-state index in [-0.39, 0.29) is 5.60 Å². The summed E-state index contributed by atoms with van der Waals surface area (Å²) in [4.78, 5) is 4.52. The summed E-state index contributed by atoms with van der Waals surface area (Å²) in [7, 11) is 0. The average Bonchev–Trinajstić information content (AvgIpc) is 2.45. The van der Waals surface area contributed by atoms with E-state index in [1.54, 1.807) is 0 Å². The Bertz CT molecular complexity index is 616. The van der Waals surface area contributed by atoms with Crippen molar-refractivity contribution in [3.63, 3.8) is 0 Å². The van der Waals surface area contributed by atoms with Gasteiger partial charge in [0.1, 0.15) is 11.4 Å². The summed E-state index contributed by atoms with van der Waals surface area (Å²) < 4.78 is 5.81. The van der Waals surface area contributed by atoms with Crippen molar-refractivity contribution >= 4 is 11.9 Å². The second kappa shape index (κ2) is 6.78. The molecule has 22 heavy (non-hydrogen) atoms. The molecule has 2 aromatic rings. The van der Waals surface area contributed by atoms with Gasteiger partial charge in [-0.15, -0.1) is 0 Å². The van der Waals surface area contributed by atoms with E-state index in [1.165, 1.54) is 5.56 Å². The Morgan fingerprint density at radius 2 is 1.50 bits per heavy atom. The Balaban J connectivity index is 2.03. The lowest BCUT2D eigenvalue weighted by Crippen LogP contribution is -2.22. The summed E-state index contributed by atoms with van der Waals surface area (Å²) >= 11 is 0. The number of benzene rings is 2. The quantitative estimate of drug-likeness (QED) is 0.659. The topological polar surface area (TPSA) is 21.6 Å². The Morgan fingerprint density at radius 1 is 0.909 bits per heavy atom.